The topological polar surface area (TPSA) is 136 Å². The lowest BCUT2D eigenvalue weighted by atomic mass is 10.2. The Kier molecular flexibility index (Phi) is 5.21. The van der Waals surface area contributed by atoms with E-state index in [9.17, 15) is 14.4 Å². The van der Waals surface area contributed by atoms with Gasteiger partial charge in [-0.1, -0.05) is 23.1 Å². The molecule has 124 valence electrons. The molecule has 0 aliphatic rings. The van der Waals surface area contributed by atoms with Gasteiger partial charge in [0, 0.05) is 13.1 Å². The maximum absolute atomic E-state index is 12.2. The molecular weight excluding hydrogens is 340 g/mol. The molecule has 2 heterocycles. The van der Waals surface area contributed by atoms with Crippen LogP contribution in [-0.2, 0) is 7.05 Å². The number of H-pyrrole nitrogens is 1. The van der Waals surface area contributed by atoms with Crippen molar-refractivity contribution in [3.63, 3.8) is 0 Å². The van der Waals surface area contributed by atoms with Crippen LogP contribution in [0.25, 0.3) is 0 Å². The largest absolute Gasteiger partial charge is 0.384 e. The van der Waals surface area contributed by atoms with Crippen LogP contribution >= 0.6 is 23.1 Å². The third-order valence-electron chi connectivity index (χ3n) is 2.79. The van der Waals surface area contributed by atoms with E-state index in [4.69, 9.17) is 5.73 Å². The summed E-state index contributed by atoms with van der Waals surface area (Å²) >= 11 is 2.48. The fourth-order valence-corrected chi connectivity index (χ4v) is 3.45. The Bertz CT molecular complexity index is 838. The zero-order valence-electron chi connectivity index (χ0n) is 12.7. The number of hydrogen-bond donors (Lipinski definition) is 3. The first-order chi connectivity index (χ1) is 10.8. The van der Waals surface area contributed by atoms with Crippen LogP contribution in [0.15, 0.2) is 13.9 Å². The average molecular weight is 356 g/mol. The Morgan fingerprint density at radius 3 is 2.78 bits per heavy atom. The number of rotatable bonds is 6. The molecule has 2 rings (SSSR count). The molecule has 0 saturated heterocycles. The van der Waals surface area contributed by atoms with E-state index < -0.39 is 17.0 Å². The molecule has 2 aromatic heterocycles. The minimum Gasteiger partial charge on any atom is -0.384 e. The van der Waals surface area contributed by atoms with Crippen LogP contribution in [0.4, 0.5) is 10.9 Å². The lowest BCUT2D eigenvalue weighted by Gasteiger charge is -2.06. The Balaban J connectivity index is 2.12. The minimum atomic E-state index is -0.782. The van der Waals surface area contributed by atoms with Gasteiger partial charge in [-0.15, -0.1) is 10.2 Å². The van der Waals surface area contributed by atoms with Crippen LogP contribution in [-0.4, -0.2) is 37.3 Å². The number of carbonyl (C=O) groups is 1. The summed E-state index contributed by atoms with van der Waals surface area (Å²) in [7, 11) is 1.38. The molecule has 0 aromatic carbocycles. The van der Waals surface area contributed by atoms with Gasteiger partial charge in [0.1, 0.15) is 11.4 Å². The van der Waals surface area contributed by atoms with Crippen LogP contribution < -0.4 is 22.3 Å². The molecule has 11 heteroatoms. The Labute approximate surface area is 139 Å². The number of nitrogens with one attached hydrogen (secondary N) is 2. The van der Waals surface area contributed by atoms with Gasteiger partial charge in [-0.05, 0) is 13.8 Å². The molecule has 9 nitrogen and oxygen atoms in total. The smallest absolute Gasteiger partial charge is 0.329 e. The lowest BCUT2D eigenvalue weighted by Crippen LogP contribution is -2.35. The van der Waals surface area contributed by atoms with E-state index in [2.05, 4.69) is 20.5 Å². The first kappa shape index (κ1) is 17.2. The number of hydrogen-bond acceptors (Lipinski definition) is 9. The monoisotopic (exact) mass is 356 g/mol. The van der Waals surface area contributed by atoms with Crippen molar-refractivity contribution in [3.05, 3.63) is 26.4 Å². The molecule has 23 heavy (non-hydrogen) atoms. The van der Waals surface area contributed by atoms with Crippen molar-refractivity contribution in [3.8, 4) is 0 Å². The lowest BCUT2D eigenvalue weighted by molar-refractivity contribution is 0.102. The number of thioether (sulfide) groups is 1. The molecule has 0 aliphatic heterocycles. The maximum atomic E-state index is 12.2. The Morgan fingerprint density at radius 2 is 2.13 bits per heavy atom. The summed E-state index contributed by atoms with van der Waals surface area (Å²) < 4.78 is 1.62. The van der Waals surface area contributed by atoms with Crippen molar-refractivity contribution >= 4 is 39.8 Å². The first-order valence-corrected chi connectivity index (χ1v) is 8.44. The molecule has 2 aromatic rings. The van der Waals surface area contributed by atoms with E-state index in [0.29, 0.717) is 9.47 Å². The van der Waals surface area contributed by atoms with E-state index in [1.807, 2.05) is 13.8 Å². The van der Waals surface area contributed by atoms with Gasteiger partial charge < -0.3 is 11.1 Å². The van der Waals surface area contributed by atoms with Crippen LogP contribution in [0.3, 0.4) is 0 Å². The van der Waals surface area contributed by atoms with Crippen LogP contribution in [0.5, 0.6) is 0 Å². The molecule has 0 amide bonds. The van der Waals surface area contributed by atoms with E-state index in [-0.39, 0.29) is 23.2 Å². The molecule has 4 N–H and O–H groups in total. The highest BCUT2D eigenvalue weighted by Crippen LogP contribution is 2.26. The zero-order chi connectivity index (χ0) is 17.1. The van der Waals surface area contributed by atoms with Crippen molar-refractivity contribution in [2.45, 2.75) is 24.2 Å². The molecule has 0 bridgehead atoms. The van der Waals surface area contributed by atoms with Crippen molar-refractivity contribution in [2.24, 2.45) is 7.05 Å². The van der Waals surface area contributed by atoms with Gasteiger partial charge in [-0.2, -0.15) is 0 Å². The first-order valence-electron chi connectivity index (χ1n) is 6.64. The van der Waals surface area contributed by atoms with E-state index in [1.54, 1.807) is 0 Å². The van der Waals surface area contributed by atoms with Crippen molar-refractivity contribution < 1.29 is 4.79 Å². The Hall–Kier alpha value is -2.14. The SMILES string of the molecule is CC(C)Nc1nnc(SCC(=O)c2c(N)n(C)c(=O)[nH]c2=O)s1. The molecule has 0 aliphatic carbocycles. The third kappa shape index (κ3) is 3.99. The number of aromatic amines is 1. The number of nitrogens with two attached hydrogens (primary N) is 1. The molecule has 0 radical (unpaired) electrons. The van der Waals surface area contributed by atoms with Crippen molar-refractivity contribution in [1.29, 1.82) is 0 Å². The summed E-state index contributed by atoms with van der Waals surface area (Å²) in [5.74, 6) is -0.649. The standard InChI is InChI=1S/C12H16N6O3S2/c1-5(2)14-10-16-17-12(23-10)22-4-6(19)7-8(13)18(3)11(21)15-9(7)20/h5H,4,13H2,1-3H3,(H,14,16)(H,15,20,21). The quantitative estimate of drug-likeness (QED) is 0.497. The van der Waals surface area contributed by atoms with Crippen LogP contribution in [0.1, 0.15) is 24.2 Å². The van der Waals surface area contributed by atoms with Gasteiger partial charge in [-0.3, -0.25) is 19.1 Å². The summed E-state index contributed by atoms with van der Waals surface area (Å²) in [6, 6.07) is 0.228. The molecule has 0 atom stereocenters. The second kappa shape index (κ2) is 6.96. The maximum Gasteiger partial charge on any atom is 0.329 e. The van der Waals surface area contributed by atoms with Gasteiger partial charge in [0.05, 0.1) is 5.75 Å². The highest BCUT2D eigenvalue weighted by molar-refractivity contribution is 8.01. The van der Waals surface area contributed by atoms with Crippen LogP contribution in [0, 0.1) is 0 Å². The van der Waals surface area contributed by atoms with Gasteiger partial charge in [0.25, 0.3) is 5.56 Å². The van der Waals surface area contributed by atoms with E-state index in [1.165, 1.54) is 18.4 Å². The molecular formula is C12H16N6O3S2. The van der Waals surface area contributed by atoms with Gasteiger partial charge >= 0.3 is 5.69 Å². The molecule has 0 fully saturated rings. The summed E-state index contributed by atoms with van der Waals surface area (Å²) in [5.41, 5.74) is 4.03. The fraction of sp³-hybridized carbons (Fsp3) is 0.417. The zero-order valence-corrected chi connectivity index (χ0v) is 14.4. The fourth-order valence-electron chi connectivity index (χ4n) is 1.68. The molecule has 0 spiro atoms. The summed E-state index contributed by atoms with van der Waals surface area (Å²) in [5, 5.41) is 11.7. The number of nitrogen functional groups attached to an aromatic ring is 1. The van der Waals surface area contributed by atoms with Gasteiger partial charge in [-0.25, -0.2) is 4.79 Å². The minimum absolute atomic E-state index is 0.0260. The Morgan fingerprint density at radius 1 is 1.43 bits per heavy atom. The van der Waals surface area contributed by atoms with E-state index >= 15 is 0 Å². The predicted octanol–water partition coefficient (Wildman–Crippen LogP) is 0.303. The number of aromatic nitrogens is 4. The number of carbonyl (C=O) groups excluding carboxylic acids is 1. The van der Waals surface area contributed by atoms with Crippen molar-refractivity contribution in [1.82, 2.24) is 19.7 Å². The van der Waals surface area contributed by atoms with Crippen molar-refractivity contribution in [2.75, 3.05) is 16.8 Å². The van der Waals surface area contributed by atoms with Gasteiger partial charge in [0.2, 0.25) is 5.13 Å². The number of nitrogens with zero attached hydrogens (tertiary/aromatic N) is 3. The molecule has 0 saturated carbocycles. The molecule has 0 unspecified atom stereocenters. The second-order valence-corrected chi connectivity index (χ2v) is 7.16. The normalized spacial score (nSPS) is 11.0. The number of ketones is 1. The predicted molar refractivity (Wildman–Crippen MR) is 90.4 cm³/mol. The highest BCUT2D eigenvalue weighted by atomic mass is 32.2. The highest BCUT2D eigenvalue weighted by Gasteiger charge is 2.19. The van der Waals surface area contributed by atoms with Crippen LogP contribution in [0.2, 0.25) is 0 Å². The average Bonchev–Trinajstić information content (AvgIpc) is 2.89. The summed E-state index contributed by atoms with van der Waals surface area (Å²) in [6.45, 7) is 3.96. The number of anilines is 2. The summed E-state index contributed by atoms with van der Waals surface area (Å²) in [6.07, 6.45) is 0. The summed E-state index contributed by atoms with van der Waals surface area (Å²) in [4.78, 5) is 37.4. The number of Topliss-reactive ketones (excluding diaryl/α,β-unsaturated/α-hetero) is 1. The third-order valence-corrected chi connectivity index (χ3v) is 4.78. The van der Waals surface area contributed by atoms with Gasteiger partial charge in [0.15, 0.2) is 10.1 Å². The second-order valence-electron chi connectivity index (χ2n) is 4.96. The van der Waals surface area contributed by atoms with E-state index in [0.717, 1.165) is 16.3 Å².